The zero-order valence-corrected chi connectivity index (χ0v) is 7.98. The van der Waals surface area contributed by atoms with Gasteiger partial charge in [-0.3, -0.25) is 4.90 Å². The van der Waals surface area contributed by atoms with Crippen LogP contribution in [0.1, 0.15) is 19.3 Å². The highest BCUT2D eigenvalue weighted by Gasteiger charge is 2.50. The first-order valence-corrected chi connectivity index (χ1v) is 5.45. The summed E-state index contributed by atoms with van der Waals surface area (Å²) in [4.78, 5) is 2.65. The molecule has 0 aromatic carbocycles. The average Bonchev–Trinajstić information content (AvgIpc) is 2.81. The van der Waals surface area contributed by atoms with E-state index in [-0.39, 0.29) is 6.04 Å². The van der Waals surface area contributed by atoms with Crippen molar-refractivity contribution in [2.24, 2.45) is 11.7 Å². The number of hydrogen-bond donors (Lipinski definition) is 1. The fourth-order valence-electron chi connectivity index (χ4n) is 3.00. The summed E-state index contributed by atoms with van der Waals surface area (Å²) in [6, 6.07) is 1.77. The molecule has 2 aliphatic heterocycles. The molecule has 0 aromatic rings. The Morgan fingerprint density at radius 1 is 1.23 bits per heavy atom. The minimum Gasteiger partial charge on any atom is -0.380 e. The second-order valence-electron chi connectivity index (χ2n) is 4.68. The highest BCUT2D eigenvalue weighted by atomic mass is 16.5. The van der Waals surface area contributed by atoms with E-state index in [9.17, 15) is 0 Å². The molecule has 3 nitrogen and oxygen atoms in total. The smallest absolute Gasteiger partial charge is 0.0632 e. The number of likely N-dealkylation sites (tertiary alicyclic amines) is 1. The number of nitrogens with zero attached hydrogens (tertiary/aromatic N) is 1. The van der Waals surface area contributed by atoms with Gasteiger partial charge in [0.1, 0.15) is 0 Å². The maximum absolute atomic E-state index is 6.07. The van der Waals surface area contributed by atoms with Gasteiger partial charge in [0.15, 0.2) is 0 Å². The van der Waals surface area contributed by atoms with Crippen LogP contribution in [0, 0.1) is 5.92 Å². The van der Waals surface area contributed by atoms with Gasteiger partial charge in [-0.2, -0.15) is 0 Å². The lowest BCUT2D eigenvalue weighted by Crippen LogP contribution is -2.53. The molecule has 0 radical (unpaired) electrons. The van der Waals surface area contributed by atoms with Gasteiger partial charge in [-0.25, -0.2) is 0 Å². The molecule has 2 N–H and O–H groups in total. The van der Waals surface area contributed by atoms with Gasteiger partial charge in [-0.1, -0.05) is 0 Å². The Balaban J connectivity index is 1.68. The molecule has 0 spiro atoms. The minimum absolute atomic E-state index is 0.257. The zero-order chi connectivity index (χ0) is 8.84. The van der Waals surface area contributed by atoms with Crippen molar-refractivity contribution in [1.82, 2.24) is 4.90 Å². The first-order chi connectivity index (χ1) is 6.36. The van der Waals surface area contributed by atoms with E-state index in [2.05, 4.69) is 4.90 Å². The third-order valence-corrected chi connectivity index (χ3v) is 3.86. The lowest BCUT2D eigenvalue weighted by molar-refractivity contribution is 0.0201. The molecule has 0 aromatic heterocycles. The molecule has 3 aliphatic rings. The van der Waals surface area contributed by atoms with Crippen LogP contribution in [0.4, 0.5) is 0 Å². The second kappa shape index (κ2) is 2.94. The highest BCUT2D eigenvalue weighted by molar-refractivity contribution is 5.05. The van der Waals surface area contributed by atoms with E-state index in [0.29, 0.717) is 6.04 Å². The summed E-state index contributed by atoms with van der Waals surface area (Å²) in [6.45, 7) is 2.96. The number of ether oxygens (including phenoxy) is 1. The second-order valence-corrected chi connectivity index (χ2v) is 4.68. The van der Waals surface area contributed by atoms with Gasteiger partial charge in [0.25, 0.3) is 0 Å². The van der Waals surface area contributed by atoms with Gasteiger partial charge in [-0.15, -0.1) is 0 Å². The topological polar surface area (TPSA) is 38.5 Å². The van der Waals surface area contributed by atoms with E-state index in [1.165, 1.54) is 19.4 Å². The van der Waals surface area contributed by atoms with Crippen LogP contribution >= 0.6 is 0 Å². The molecular weight excluding hydrogens is 164 g/mol. The van der Waals surface area contributed by atoms with Gasteiger partial charge < -0.3 is 10.5 Å². The molecule has 74 valence electrons. The fraction of sp³-hybridized carbons (Fsp3) is 1.00. The third-order valence-electron chi connectivity index (χ3n) is 3.86. The average molecular weight is 182 g/mol. The first-order valence-electron chi connectivity index (χ1n) is 5.45. The highest BCUT2D eigenvalue weighted by Crippen LogP contribution is 2.46. The van der Waals surface area contributed by atoms with Gasteiger partial charge in [-0.05, 0) is 31.7 Å². The molecule has 0 bridgehead atoms. The van der Waals surface area contributed by atoms with E-state index in [1.807, 2.05) is 0 Å². The Labute approximate surface area is 79.2 Å². The van der Waals surface area contributed by atoms with Gasteiger partial charge in [0.2, 0.25) is 0 Å². The zero-order valence-electron chi connectivity index (χ0n) is 7.98. The molecule has 4 atom stereocenters. The van der Waals surface area contributed by atoms with Crippen LogP contribution in [0.3, 0.4) is 0 Å². The summed E-state index contributed by atoms with van der Waals surface area (Å²) in [5, 5.41) is 0. The summed E-state index contributed by atoms with van der Waals surface area (Å²) in [6.07, 6.45) is 3.99. The van der Waals surface area contributed by atoms with Crippen LogP contribution in [0.25, 0.3) is 0 Å². The van der Waals surface area contributed by atoms with Crippen LogP contribution in [0.15, 0.2) is 0 Å². The summed E-state index contributed by atoms with van der Waals surface area (Å²) >= 11 is 0. The Hall–Kier alpha value is -0.120. The fourth-order valence-corrected chi connectivity index (χ4v) is 3.00. The van der Waals surface area contributed by atoms with E-state index in [0.717, 1.165) is 31.6 Å². The van der Waals surface area contributed by atoms with E-state index in [4.69, 9.17) is 10.5 Å². The summed E-state index contributed by atoms with van der Waals surface area (Å²) in [7, 11) is 0. The van der Waals surface area contributed by atoms with E-state index < -0.39 is 0 Å². The number of hydrogen-bond acceptors (Lipinski definition) is 3. The number of rotatable bonds is 1. The SMILES string of the molecule is N[C@H]1COCC[C@@H]1N1CCC2CC21. The van der Waals surface area contributed by atoms with Crippen molar-refractivity contribution in [3.05, 3.63) is 0 Å². The number of fused-ring (bicyclic) bond motifs is 1. The van der Waals surface area contributed by atoms with Gasteiger partial charge in [0, 0.05) is 24.7 Å². The lowest BCUT2D eigenvalue weighted by Gasteiger charge is -2.36. The minimum atomic E-state index is 0.257. The van der Waals surface area contributed by atoms with Crippen LogP contribution in [-0.2, 0) is 4.74 Å². The quantitative estimate of drug-likeness (QED) is 0.629. The maximum Gasteiger partial charge on any atom is 0.0632 e. The molecule has 1 aliphatic carbocycles. The normalized spacial score (nSPS) is 50.5. The largest absolute Gasteiger partial charge is 0.380 e. The molecule has 3 fully saturated rings. The maximum atomic E-state index is 6.07. The molecular formula is C10H18N2O. The Bertz CT molecular complexity index is 209. The molecule has 1 saturated carbocycles. The van der Waals surface area contributed by atoms with Gasteiger partial charge in [0.05, 0.1) is 6.61 Å². The molecule has 13 heavy (non-hydrogen) atoms. The standard InChI is InChI=1S/C10H18N2O/c11-8-6-13-4-2-9(8)12-3-1-7-5-10(7)12/h7-10H,1-6,11H2/t7?,8-,9-,10?/m0/s1. The Kier molecular flexibility index (Phi) is 1.86. The van der Waals surface area contributed by atoms with Crippen molar-refractivity contribution in [3.63, 3.8) is 0 Å². The molecule has 0 amide bonds. The molecule has 2 unspecified atom stereocenters. The Morgan fingerprint density at radius 2 is 2.15 bits per heavy atom. The molecule has 2 saturated heterocycles. The number of piperidine rings is 1. The van der Waals surface area contributed by atoms with Crippen LogP contribution in [-0.4, -0.2) is 42.8 Å². The van der Waals surface area contributed by atoms with Crippen molar-refractivity contribution >= 4 is 0 Å². The summed E-state index contributed by atoms with van der Waals surface area (Å²) in [5.41, 5.74) is 6.07. The Morgan fingerprint density at radius 3 is 2.77 bits per heavy atom. The first kappa shape index (κ1) is 8.21. The van der Waals surface area contributed by atoms with Crippen LogP contribution < -0.4 is 5.73 Å². The monoisotopic (exact) mass is 182 g/mol. The third kappa shape index (κ3) is 1.30. The van der Waals surface area contributed by atoms with Crippen LogP contribution in [0.5, 0.6) is 0 Å². The molecule has 3 heteroatoms. The number of nitrogens with two attached hydrogens (primary N) is 1. The van der Waals surface area contributed by atoms with E-state index >= 15 is 0 Å². The summed E-state index contributed by atoms with van der Waals surface area (Å²) in [5.74, 6) is 1.02. The summed E-state index contributed by atoms with van der Waals surface area (Å²) < 4.78 is 5.37. The van der Waals surface area contributed by atoms with Crippen molar-refractivity contribution in [3.8, 4) is 0 Å². The van der Waals surface area contributed by atoms with Crippen molar-refractivity contribution < 1.29 is 4.74 Å². The van der Waals surface area contributed by atoms with Crippen LogP contribution in [0.2, 0.25) is 0 Å². The van der Waals surface area contributed by atoms with E-state index in [1.54, 1.807) is 0 Å². The predicted octanol–water partition coefficient (Wildman–Crippen LogP) is 0.197. The van der Waals surface area contributed by atoms with Gasteiger partial charge >= 0.3 is 0 Å². The molecule has 3 rings (SSSR count). The van der Waals surface area contributed by atoms with Crippen molar-refractivity contribution in [2.75, 3.05) is 19.8 Å². The lowest BCUT2D eigenvalue weighted by atomic mass is 10.0. The predicted molar refractivity (Wildman–Crippen MR) is 50.4 cm³/mol. The molecule has 2 heterocycles. The van der Waals surface area contributed by atoms with Crippen molar-refractivity contribution in [1.29, 1.82) is 0 Å². The van der Waals surface area contributed by atoms with Crippen molar-refractivity contribution in [2.45, 2.75) is 37.4 Å².